The van der Waals surface area contributed by atoms with E-state index in [1.165, 1.54) is 0 Å². The Labute approximate surface area is 113 Å². The molecular formula is C16H18N2O. The van der Waals surface area contributed by atoms with Gasteiger partial charge in [-0.15, -0.1) is 0 Å². The van der Waals surface area contributed by atoms with Gasteiger partial charge in [0.1, 0.15) is 0 Å². The quantitative estimate of drug-likeness (QED) is 0.844. The Balaban J connectivity index is 2.31. The van der Waals surface area contributed by atoms with Crippen LogP contribution in [0.3, 0.4) is 0 Å². The molecule has 0 aliphatic heterocycles. The van der Waals surface area contributed by atoms with Gasteiger partial charge in [0.15, 0.2) is 5.78 Å². The highest BCUT2D eigenvalue weighted by Crippen LogP contribution is 2.27. The first-order valence-corrected chi connectivity index (χ1v) is 6.22. The van der Waals surface area contributed by atoms with Crippen molar-refractivity contribution >= 4 is 22.8 Å². The predicted molar refractivity (Wildman–Crippen MR) is 80.5 cm³/mol. The summed E-state index contributed by atoms with van der Waals surface area (Å²) in [5.41, 5.74) is 3.76. The maximum Gasteiger partial charge on any atom is 0.159 e. The highest BCUT2D eigenvalue weighted by molar-refractivity contribution is 5.95. The Bertz CT molecular complexity index is 591. The Morgan fingerprint density at radius 1 is 1.05 bits per heavy atom. The molecule has 2 aromatic rings. The number of nitrogens with one attached hydrogen (secondary N) is 1. The summed E-state index contributed by atoms with van der Waals surface area (Å²) in [6.07, 6.45) is 0. The van der Waals surface area contributed by atoms with Gasteiger partial charge in [-0.2, -0.15) is 0 Å². The van der Waals surface area contributed by atoms with Crippen molar-refractivity contribution in [2.75, 3.05) is 24.3 Å². The molecule has 0 radical (unpaired) electrons. The second-order valence-corrected chi connectivity index (χ2v) is 4.67. The number of rotatable bonds is 4. The molecule has 0 unspecified atom stereocenters. The molecule has 98 valence electrons. The fraction of sp³-hybridized carbons (Fsp3) is 0.188. The molecule has 2 rings (SSSR count). The minimum atomic E-state index is 0.0737. The topological polar surface area (TPSA) is 32.3 Å². The van der Waals surface area contributed by atoms with Gasteiger partial charge in [0.05, 0.1) is 11.4 Å². The van der Waals surface area contributed by atoms with E-state index in [1.54, 1.807) is 6.92 Å². The maximum absolute atomic E-state index is 11.4. The summed E-state index contributed by atoms with van der Waals surface area (Å²) in [4.78, 5) is 13.4. The van der Waals surface area contributed by atoms with Crippen LogP contribution in [0.15, 0.2) is 48.5 Å². The molecular weight excluding hydrogens is 236 g/mol. The van der Waals surface area contributed by atoms with Crippen molar-refractivity contribution in [3.8, 4) is 0 Å². The molecule has 1 N–H and O–H groups in total. The minimum Gasteiger partial charge on any atom is -0.376 e. The molecule has 3 heteroatoms. The van der Waals surface area contributed by atoms with Crippen LogP contribution in [0.2, 0.25) is 0 Å². The van der Waals surface area contributed by atoms with Crippen molar-refractivity contribution in [2.45, 2.75) is 6.92 Å². The average Bonchev–Trinajstić information content (AvgIpc) is 2.39. The molecule has 0 saturated carbocycles. The summed E-state index contributed by atoms with van der Waals surface area (Å²) in [7, 11) is 4.01. The third-order valence-electron chi connectivity index (χ3n) is 2.93. The molecule has 0 amide bonds. The van der Waals surface area contributed by atoms with E-state index in [9.17, 15) is 4.79 Å². The average molecular weight is 254 g/mol. The van der Waals surface area contributed by atoms with E-state index in [0.717, 1.165) is 17.1 Å². The largest absolute Gasteiger partial charge is 0.376 e. The lowest BCUT2D eigenvalue weighted by atomic mass is 10.1. The number of benzene rings is 2. The van der Waals surface area contributed by atoms with Gasteiger partial charge < -0.3 is 10.2 Å². The van der Waals surface area contributed by atoms with Crippen molar-refractivity contribution in [2.24, 2.45) is 0 Å². The predicted octanol–water partition coefficient (Wildman–Crippen LogP) is 3.70. The van der Waals surface area contributed by atoms with E-state index in [4.69, 9.17) is 0 Å². The van der Waals surface area contributed by atoms with E-state index < -0.39 is 0 Å². The lowest BCUT2D eigenvalue weighted by Crippen LogP contribution is -2.10. The Kier molecular flexibility index (Phi) is 3.85. The van der Waals surface area contributed by atoms with Gasteiger partial charge in [-0.3, -0.25) is 4.79 Å². The number of ketones is 1. The molecule has 0 heterocycles. The van der Waals surface area contributed by atoms with Crippen LogP contribution in [0.5, 0.6) is 0 Å². The summed E-state index contributed by atoms with van der Waals surface area (Å²) in [6.45, 7) is 1.58. The second-order valence-electron chi connectivity index (χ2n) is 4.67. The van der Waals surface area contributed by atoms with Gasteiger partial charge >= 0.3 is 0 Å². The number of carbonyl (C=O) groups excluding carboxylic acids is 1. The number of hydrogen-bond donors (Lipinski definition) is 1. The number of para-hydroxylation sites is 2. The van der Waals surface area contributed by atoms with Crippen molar-refractivity contribution in [1.29, 1.82) is 0 Å². The molecule has 0 bridgehead atoms. The molecule has 0 aliphatic rings. The SMILES string of the molecule is CC(=O)c1cccc(Nc2ccccc2N(C)C)c1. The van der Waals surface area contributed by atoms with E-state index in [2.05, 4.69) is 16.3 Å². The Morgan fingerprint density at radius 3 is 2.47 bits per heavy atom. The summed E-state index contributed by atoms with van der Waals surface area (Å²) >= 11 is 0. The third kappa shape index (κ3) is 3.13. The Hall–Kier alpha value is -2.29. The summed E-state index contributed by atoms with van der Waals surface area (Å²) in [5.74, 6) is 0.0737. The molecule has 0 aromatic heterocycles. The van der Waals surface area contributed by atoms with Gasteiger partial charge in [-0.1, -0.05) is 24.3 Å². The third-order valence-corrected chi connectivity index (χ3v) is 2.93. The van der Waals surface area contributed by atoms with Crippen LogP contribution in [0.1, 0.15) is 17.3 Å². The lowest BCUT2D eigenvalue weighted by molar-refractivity contribution is 0.101. The molecule has 2 aromatic carbocycles. The highest BCUT2D eigenvalue weighted by atomic mass is 16.1. The fourth-order valence-corrected chi connectivity index (χ4v) is 1.94. The van der Waals surface area contributed by atoms with Crippen LogP contribution in [0.25, 0.3) is 0 Å². The summed E-state index contributed by atoms with van der Waals surface area (Å²) in [5, 5.41) is 3.36. The van der Waals surface area contributed by atoms with Gasteiger partial charge in [0, 0.05) is 25.3 Å². The highest BCUT2D eigenvalue weighted by Gasteiger charge is 2.05. The van der Waals surface area contributed by atoms with Crippen molar-refractivity contribution < 1.29 is 4.79 Å². The number of hydrogen-bond acceptors (Lipinski definition) is 3. The number of nitrogens with zero attached hydrogens (tertiary/aromatic N) is 1. The van der Waals surface area contributed by atoms with Crippen LogP contribution in [-0.2, 0) is 0 Å². The van der Waals surface area contributed by atoms with Crippen LogP contribution in [-0.4, -0.2) is 19.9 Å². The first-order chi connectivity index (χ1) is 9.08. The van der Waals surface area contributed by atoms with Crippen LogP contribution < -0.4 is 10.2 Å². The molecule has 3 nitrogen and oxygen atoms in total. The van der Waals surface area contributed by atoms with E-state index in [1.807, 2.05) is 56.6 Å². The van der Waals surface area contributed by atoms with Gasteiger partial charge in [-0.25, -0.2) is 0 Å². The first kappa shape index (κ1) is 13.1. The first-order valence-electron chi connectivity index (χ1n) is 6.22. The molecule has 0 atom stereocenters. The zero-order valence-corrected chi connectivity index (χ0v) is 11.5. The molecule has 0 fully saturated rings. The lowest BCUT2D eigenvalue weighted by Gasteiger charge is -2.18. The summed E-state index contributed by atoms with van der Waals surface area (Å²) < 4.78 is 0. The van der Waals surface area contributed by atoms with E-state index in [0.29, 0.717) is 5.56 Å². The zero-order valence-electron chi connectivity index (χ0n) is 11.5. The number of Topliss-reactive ketones (excluding diaryl/α,β-unsaturated/α-hetero) is 1. The molecule has 0 saturated heterocycles. The fourth-order valence-electron chi connectivity index (χ4n) is 1.94. The van der Waals surface area contributed by atoms with Crippen molar-refractivity contribution in [3.63, 3.8) is 0 Å². The smallest absolute Gasteiger partial charge is 0.159 e. The summed E-state index contributed by atoms with van der Waals surface area (Å²) in [6, 6.07) is 15.6. The number of anilines is 3. The van der Waals surface area contributed by atoms with Crippen LogP contribution in [0.4, 0.5) is 17.1 Å². The molecule has 0 spiro atoms. The zero-order chi connectivity index (χ0) is 13.8. The van der Waals surface area contributed by atoms with Crippen LogP contribution >= 0.6 is 0 Å². The van der Waals surface area contributed by atoms with E-state index >= 15 is 0 Å². The van der Waals surface area contributed by atoms with Gasteiger partial charge in [0.25, 0.3) is 0 Å². The standard InChI is InChI=1S/C16H18N2O/c1-12(19)13-7-6-8-14(11-13)17-15-9-4-5-10-16(15)18(2)3/h4-11,17H,1-3H3. The molecule has 19 heavy (non-hydrogen) atoms. The van der Waals surface area contributed by atoms with Gasteiger partial charge in [0.2, 0.25) is 0 Å². The van der Waals surface area contributed by atoms with Crippen molar-refractivity contribution in [3.05, 3.63) is 54.1 Å². The number of carbonyl (C=O) groups is 1. The van der Waals surface area contributed by atoms with Gasteiger partial charge in [-0.05, 0) is 31.2 Å². The van der Waals surface area contributed by atoms with Crippen molar-refractivity contribution in [1.82, 2.24) is 0 Å². The molecule has 0 aliphatic carbocycles. The Morgan fingerprint density at radius 2 is 1.79 bits per heavy atom. The van der Waals surface area contributed by atoms with E-state index in [-0.39, 0.29) is 5.78 Å². The minimum absolute atomic E-state index is 0.0737. The normalized spacial score (nSPS) is 10.1. The monoisotopic (exact) mass is 254 g/mol. The second kappa shape index (κ2) is 5.57. The van der Waals surface area contributed by atoms with Crippen LogP contribution in [0, 0.1) is 0 Å². The maximum atomic E-state index is 11.4.